The second-order valence-electron chi connectivity index (χ2n) is 7.20. The predicted molar refractivity (Wildman–Crippen MR) is 82.2 cm³/mol. The van der Waals surface area contributed by atoms with E-state index in [-0.39, 0.29) is 17.2 Å². The molecular formula is C16H24N4O. The number of carbonyl (C=O) groups is 1. The van der Waals surface area contributed by atoms with Crippen LogP contribution >= 0.6 is 0 Å². The first-order chi connectivity index (χ1) is 9.93. The molecule has 1 aliphatic heterocycles. The van der Waals surface area contributed by atoms with Crippen LogP contribution in [-0.4, -0.2) is 35.0 Å². The van der Waals surface area contributed by atoms with Gasteiger partial charge in [-0.2, -0.15) is 0 Å². The van der Waals surface area contributed by atoms with Gasteiger partial charge in [-0.1, -0.05) is 20.8 Å². The van der Waals surface area contributed by atoms with Crippen LogP contribution in [0.2, 0.25) is 0 Å². The van der Waals surface area contributed by atoms with Crippen LogP contribution in [0.3, 0.4) is 0 Å². The lowest BCUT2D eigenvalue weighted by atomic mass is 9.96. The van der Waals surface area contributed by atoms with E-state index in [1.165, 1.54) is 0 Å². The van der Waals surface area contributed by atoms with Crippen LogP contribution in [0.1, 0.15) is 45.9 Å². The quantitative estimate of drug-likeness (QED) is 0.922. The van der Waals surface area contributed by atoms with E-state index in [2.05, 4.69) is 41.0 Å². The van der Waals surface area contributed by atoms with Crippen molar-refractivity contribution >= 4 is 11.7 Å². The first-order valence-electron chi connectivity index (χ1n) is 7.82. The Bertz CT molecular complexity index is 533. The lowest BCUT2D eigenvalue weighted by Gasteiger charge is -2.21. The molecule has 1 saturated carbocycles. The Labute approximate surface area is 126 Å². The summed E-state index contributed by atoms with van der Waals surface area (Å²) >= 11 is 0. The lowest BCUT2D eigenvalue weighted by Crippen LogP contribution is -2.34. The fourth-order valence-electron chi connectivity index (χ4n) is 2.62. The smallest absolute Gasteiger partial charge is 0.225 e. The average Bonchev–Trinajstić information content (AvgIpc) is 3.11. The lowest BCUT2D eigenvalue weighted by molar-refractivity contribution is -0.124. The van der Waals surface area contributed by atoms with Crippen molar-refractivity contribution < 1.29 is 4.79 Å². The van der Waals surface area contributed by atoms with Gasteiger partial charge < -0.3 is 10.2 Å². The van der Waals surface area contributed by atoms with Gasteiger partial charge in [0.15, 0.2) is 0 Å². The van der Waals surface area contributed by atoms with Crippen LogP contribution in [0.4, 0.5) is 5.82 Å². The van der Waals surface area contributed by atoms with Gasteiger partial charge in [0.25, 0.3) is 0 Å². The molecule has 0 bridgehead atoms. The largest absolute Gasteiger partial charge is 0.356 e. The van der Waals surface area contributed by atoms with Crippen LogP contribution in [0.5, 0.6) is 0 Å². The topological polar surface area (TPSA) is 58.1 Å². The van der Waals surface area contributed by atoms with Gasteiger partial charge >= 0.3 is 0 Å². The molecule has 5 heteroatoms. The third-order valence-electron chi connectivity index (χ3n) is 4.12. The highest BCUT2D eigenvalue weighted by atomic mass is 16.2. The summed E-state index contributed by atoms with van der Waals surface area (Å²) in [5, 5.41) is 3.11. The van der Waals surface area contributed by atoms with Crippen LogP contribution < -0.4 is 10.2 Å². The molecule has 5 nitrogen and oxygen atoms in total. The number of carbonyl (C=O) groups excluding carboxylic acids is 1. The van der Waals surface area contributed by atoms with E-state index < -0.39 is 0 Å². The van der Waals surface area contributed by atoms with Gasteiger partial charge in [0.2, 0.25) is 5.91 Å². The van der Waals surface area contributed by atoms with Crippen LogP contribution in [0.15, 0.2) is 12.3 Å². The maximum Gasteiger partial charge on any atom is 0.225 e. The predicted octanol–water partition coefficient (Wildman–Crippen LogP) is 1.88. The maximum absolute atomic E-state index is 12.1. The van der Waals surface area contributed by atoms with E-state index in [9.17, 15) is 4.79 Å². The summed E-state index contributed by atoms with van der Waals surface area (Å²) in [5.41, 5.74) is -0.0571. The standard InChI is InChI=1S/C16H24N4O/c1-16(2,3)15-17-8-6-13(19-15)20-9-7-11(10-20)14(21)18-12-4-5-12/h6,8,11-12H,4-5,7,9-10H2,1-3H3,(H,18,21). The van der Waals surface area contributed by atoms with Gasteiger partial charge in [0, 0.05) is 30.7 Å². The molecule has 2 fully saturated rings. The Morgan fingerprint density at radius 1 is 1.33 bits per heavy atom. The number of aromatic nitrogens is 2. The number of anilines is 1. The van der Waals surface area contributed by atoms with E-state index in [1.807, 2.05) is 12.3 Å². The number of hydrogen-bond donors (Lipinski definition) is 1. The molecule has 1 saturated heterocycles. The van der Waals surface area contributed by atoms with E-state index in [1.54, 1.807) is 0 Å². The molecule has 21 heavy (non-hydrogen) atoms. The van der Waals surface area contributed by atoms with E-state index in [0.717, 1.165) is 44.0 Å². The van der Waals surface area contributed by atoms with Crippen molar-refractivity contribution in [3.8, 4) is 0 Å². The summed E-state index contributed by atoms with van der Waals surface area (Å²) < 4.78 is 0. The van der Waals surface area contributed by atoms with E-state index in [4.69, 9.17) is 0 Å². The van der Waals surface area contributed by atoms with Crippen LogP contribution in [0.25, 0.3) is 0 Å². The van der Waals surface area contributed by atoms with Crippen molar-refractivity contribution in [1.82, 2.24) is 15.3 Å². The van der Waals surface area contributed by atoms with E-state index >= 15 is 0 Å². The zero-order valence-electron chi connectivity index (χ0n) is 13.1. The number of nitrogens with zero attached hydrogens (tertiary/aromatic N) is 3. The highest BCUT2D eigenvalue weighted by Gasteiger charge is 2.32. The van der Waals surface area contributed by atoms with Crippen molar-refractivity contribution in [3.05, 3.63) is 18.1 Å². The fraction of sp³-hybridized carbons (Fsp3) is 0.688. The monoisotopic (exact) mass is 288 g/mol. The van der Waals surface area contributed by atoms with Crippen molar-refractivity contribution in [2.75, 3.05) is 18.0 Å². The van der Waals surface area contributed by atoms with Crippen molar-refractivity contribution in [1.29, 1.82) is 0 Å². The molecule has 1 amide bonds. The van der Waals surface area contributed by atoms with Crippen molar-refractivity contribution in [3.63, 3.8) is 0 Å². The molecule has 0 radical (unpaired) electrons. The average molecular weight is 288 g/mol. The first kappa shape index (κ1) is 14.3. The normalized spacial score (nSPS) is 22.4. The van der Waals surface area contributed by atoms with Gasteiger partial charge in [-0.15, -0.1) is 0 Å². The second-order valence-corrected chi connectivity index (χ2v) is 7.20. The molecule has 1 aromatic heterocycles. The van der Waals surface area contributed by atoms with Gasteiger partial charge in [-0.05, 0) is 25.3 Å². The molecule has 1 aromatic rings. The molecule has 0 spiro atoms. The Hall–Kier alpha value is -1.65. The van der Waals surface area contributed by atoms with Gasteiger partial charge in [0.1, 0.15) is 11.6 Å². The molecule has 2 heterocycles. The summed E-state index contributed by atoms with van der Waals surface area (Å²) in [7, 11) is 0. The number of rotatable bonds is 3. The second kappa shape index (κ2) is 5.28. The molecule has 0 aromatic carbocycles. The summed E-state index contributed by atoms with van der Waals surface area (Å²) in [6.07, 6.45) is 5.01. The van der Waals surface area contributed by atoms with Crippen LogP contribution in [0, 0.1) is 5.92 Å². The summed E-state index contributed by atoms with van der Waals surface area (Å²) in [5.74, 6) is 2.10. The van der Waals surface area contributed by atoms with Gasteiger partial charge in [-0.25, -0.2) is 9.97 Å². The zero-order chi connectivity index (χ0) is 15.0. The van der Waals surface area contributed by atoms with Gasteiger partial charge in [0.05, 0.1) is 5.92 Å². The fourth-order valence-corrected chi connectivity index (χ4v) is 2.62. The minimum absolute atomic E-state index is 0.0571. The first-order valence-corrected chi connectivity index (χ1v) is 7.82. The molecule has 2 aliphatic rings. The zero-order valence-corrected chi connectivity index (χ0v) is 13.1. The Morgan fingerprint density at radius 3 is 2.76 bits per heavy atom. The van der Waals surface area contributed by atoms with Crippen molar-refractivity contribution in [2.24, 2.45) is 5.92 Å². The van der Waals surface area contributed by atoms with Crippen molar-refractivity contribution in [2.45, 2.75) is 51.5 Å². The Kier molecular flexibility index (Phi) is 3.59. The Balaban J connectivity index is 1.66. The molecule has 114 valence electrons. The molecule has 1 N–H and O–H groups in total. The summed E-state index contributed by atoms with van der Waals surface area (Å²) in [6, 6.07) is 2.38. The molecule has 1 atom stereocenters. The van der Waals surface area contributed by atoms with Gasteiger partial charge in [-0.3, -0.25) is 4.79 Å². The third-order valence-corrected chi connectivity index (χ3v) is 4.12. The SMILES string of the molecule is CC(C)(C)c1nccc(N2CCC(C(=O)NC3CC3)C2)n1. The summed E-state index contributed by atoms with van der Waals surface area (Å²) in [4.78, 5) is 23.4. The maximum atomic E-state index is 12.1. The minimum Gasteiger partial charge on any atom is -0.356 e. The Morgan fingerprint density at radius 2 is 2.10 bits per heavy atom. The highest BCUT2D eigenvalue weighted by molar-refractivity contribution is 5.80. The molecule has 1 unspecified atom stereocenters. The minimum atomic E-state index is -0.0571. The number of amides is 1. The highest BCUT2D eigenvalue weighted by Crippen LogP contribution is 2.26. The number of hydrogen-bond acceptors (Lipinski definition) is 4. The van der Waals surface area contributed by atoms with E-state index in [0.29, 0.717) is 6.04 Å². The number of nitrogens with one attached hydrogen (secondary N) is 1. The third kappa shape index (κ3) is 3.34. The van der Waals surface area contributed by atoms with Crippen LogP contribution in [-0.2, 0) is 10.2 Å². The molecule has 3 rings (SSSR count). The molecule has 1 aliphatic carbocycles. The summed E-state index contributed by atoms with van der Waals surface area (Å²) in [6.45, 7) is 7.99. The molecular weight excluding hydrogens is 264 g/mol.